The lowest BCUT2D eigenvalue weighted by Gasteiger charge is -2.05. The molecule has 0 aliphatic heterocycles. The topological polar surface area (TPSA) is 99.9 Å². The molecule has 0 fully saturated rings. The second-order valence-corrected chi connectivity index (χ2v) is 5.91. The van der Waals surface area contributed by atoms with Crippen LogP contribution in [0.15, 0.2) is 48.7 Å². The molecular weight excluding hydrogens is 332 g/mol. The van der Waals surface area contributed by atoms with Gasteiger partial charge in [-0.25, -0.2) is 4.79 Å². The van der Waals surface area contributed by atoms with Crippen molar-refractivity contribution in [2.45, 2.75) is 6.42 Å². The molecule has 26 heavy (non-hydrogen) atoms. The number of anilines is 1. The zero-order chi connectivity index (χ0) is 18.1. The highest BCUT2D eigenvalue weighted by Crippen LogP contribution is 2.22. The Morgan fingerprint density at radius 2 is 1.96 bits per heavy atom. The molecule has 0 aliphatic rings. The minimum Gasteiger partial charge on any atom is -0.464 e. The fraction of sp³-hybridized carbons (Fsp3) is 0.105. The molecule has 130 valence electrons. The number of aromatic amines is 2. The van der Waals surface area contributed by atoms with Crippen molar-refractivity contribution < 1.29 is 14.3 Å². The van der Waals surface area contributed by atoms with E-state index in [-0.39, 0.29) is 18.0 Å². The average molecular weight is 348 g/mol. The van der Waals surface area contributed by atoms with Gasteiger partial charge < -0.3 is 15.0 Å². The summed E-state index contributed by atoms with van der Waals surface area (Å²) < 4.78 is 4.72. The molecule has 0 aliphatic carbocycles. The number of H-pyrrole nitrogens is 2. The highest BCUT2D eigenvalue weighted by atomic mass is 16.5. The number of hydrogen-bond acceptors (Lipinski definition) is 4. The predicted octanol–water partition coefficient (Wildman–Crippen LogP) is 3.01. The summed E-state index contributed by atoms with van der Waals surface area (Å²) in [6.45, 7) is 0. The fourth-order valence-electron chi connectivity index (χ4n) is 3.00. The van der Waals surface area contributed by atoms with Gasteiger partial charge in [0, 0.05) is 28.2 Å². The molecule has 2 aromatic heterocycles. The third-order valence-electron chi connectivity index (χ3n) is 4.25. The number of nitrogens with one attached hydrogen (secondary N) is 3. The summed E-state index contributed by atoms with van der Waals surface area (Å²) in [7, 11) is 1.30. The zero-order valence-corrected chi connectivity index (χ0v) is 14.0. The van der Waals surface area contributed by atoms with E-state index in [0.29, 0.717) is 16.6 Å². The first-order valence-electron chi connectivity index (χ1n) is 8.07. The Labute approximate surface area is 148 Å². The largest absolute Gasteiger partial charge is 0.464 e. The van der Waals surface area contributed by atoms with Crippen LogP contribution in [0.4, 0.5) is 5.69 Å². The van der Waals surface area contributed by atoms with Gasteiger partial charge >= 0.3 is 5.97 Å². The zero-order valence-electron chi connectivity index (χ0n) is 14.0. The number of fused-ring (bicyclic) bond motifs is 2. The monoisotopic (exact) mass is 348 g/mol. The minimum absolute atomic E-state index is 0.141. The molecular formula is C19H16N4O3. The normalized spacial score (nSPS) is 11.0. The lowest BCUT2D eigenvalue weighted by Crippen LogP contribution is -2.14. The molecule has 2 heterocycles. The predicted molar refractivity (Wildman–Crippen MR) is 98.1 cm³/mol. The number of carbonyl (C=O) groups excluding carboxylic acids is 2. The van der Waals surface area contributed by atoms with Crippen LogP contribution in [0.1, 0.15) is 16.1 Å². The van der Waals surface area contributed by atoms with Gasteiger partial charge in [-0.1, -0.05) is 18.2 Å². The minimum atomic E-state index is -0.529. The van der Waals surface area contributed by atoms with Gasteiger partial charge in [0.2, 0.25) is 5.91 Å². The lowest BCUT2D eigenvalue weighted by molar-refractivity contribution is -0.115. The molecule has 3 N–H and O–H groups in total. The SMILES string of the molecule is COC(=O)c1n[nH]c2ccc(NC(=O)Cc3c[nH]c4ccccc34)cc12. The van der Waals surface area contributed by atoms with Gasteiger partial charge in [-0.05, 0) is 29.8 Å². The summed E-state index contributed by atoms with van der Waals surface area (Å²) in [5, 5.41) is 11.2. The van der Waals surface area contributed by atoms with E-state index < -0.39 is 5.97 Å². The number of nitrogens with zero attached hydrogens (tertiary/aromatic N) is 1. The first-order chi connectivity index (χ1) is 12.7. The van der Waals surface area contributed by atoms with Gasteiger partial charge in [0.05, 0.1) is 19.0 Å². The Hall–Kier alpha value is -3.61. The van der Waals surface area contributed by atoms with E-state index >= 15 is 0 Å². The van der Waals surface area contributed by atoms with Crippen molar-refractivity contribution in [3.05, 3.63) is 59.9 Å². The Morgan fingerprint density at radius 1 is 1.12 bits per heavy atom. The van der Waals surface area contributed by atoms with Crippen molar-refractivity contribution >= 4 is 39.4 Å². The summed E-state index contributed by atoms with van der Waals surface area (Å²) in [5.74, 6) is -0.671. The number of rotatable bonds is 4. The van der Waals surface area contributed by atoms with Crippen LogP contribution in [-0.4, -0.2) is 34.2 Å². The van der Waals surface area contributed by atoms with Crippen molar-refractivity contribution in [1.82, 2.24) is 15.2 Å². The number of benzene rings is 2. The van der Waals surface area contributed by atoms with Gasteiger partial charge in [0.1, 0.15) is 0 Å². The van der Waals surface area contributed by atoms with Crippen LogP contribution in [0.3, 0.4) is 0 Å². The number of ether oxygens (including phenoxy) is 1. The van der Waals surface area contributed by atoms with Crippen LogP contribution in [0.2, 0.25) is 0 Å². The summed E-state index contributed by atoms with van der Waals surface area (Å²) in [6.07, 6.45) is 2.09. The number of methoxy groups -OCH3 is 1. The van der Waals surface area contributed by atoms with Crippen LogP contribution >= 0.6 is 0 Å². The molecule has 0 spiro atoms. The van der Waals surface area contributed by atoms with E-state index in [9.17, 15) is 9.59 Å². The van der Waals surface area contributed by atoms with E-state index in [1.807, 2.05) is 30.5 Å². The smallest absolute Gasteiger partial charge is 0.359 e. The van der Waals surface area contributed by atoms with E-state index in [4.69, 9.17) is 4.74 Å². The second kappa shape index (κ2) is 6.36. The highest BCUT2D eigenvalue weighted by Gasteiger charge is 2.15. The Balaban J connectivity index is 1.56. The van der Waals surface area contributed by atoms with Gasteiger partial charge in [0.25, 0.3) is 0 Å². The summed E-state index contributed by atoms with van der Waals surface area (Å²) >= 11 is 0. The number of hydrogen-bond donors (Lipinski definition) is 3. The van der Waals surface area contributed by atoms with Crippen LogP contribution in [0.25, 0.3) is 21.8 Å². The number of para-hydroxylation sites is 1. The maximum absolute atomic E-state index is 12.4. The molecule has 7 heteroatoms. The molecule has 7 nitrogen and oxygen atoms in total. The van der Waals surface area contributed by atoms with E-state index in [2.05, 4.69) is 20.5 Å². The Bertz CT molecular complexity index is 1130. The second-order valence-electron chi connectivity index (χ2n) is 5.91. The molecule has 0 bridgehead atoms. The molecule has 4 aromatic rings. The van der Waals surface area contributed by atoms with Crippen molar-refractivity contribution in [2.75, 3.05) is 12.4 Å². The summed E-state index contributed by atoms with van der Waals surface area (Å²) in [4.78, 5) is 27.4. The van der Waals surface area contributed by atoms with Crippen LogP contribution < -0.4 is 5.32 Å². The van der Waals surface area contributed by atoms with Crippen LogP contribution in [0.5, 0.6) is 0 Å². The van der Waals surface area contributed by atoms with Gasteiger partial charge in [-0.2, -0.15) is 5.10 Å². The maximum atomic E-state index is 12.4. The van der Waals surface area contributed by atoms with E-state index in [0.717, 1.165) is 16.5 Å². The van der Waals surface area contributed by atoms with Crippen molar-refractivity contribution in [3.8, 4) is 0 Å². The average Bonchev–Trinajstić information content (AvgIpc) is 3.25. The van der Waals surface area contributed by atoms with Gasteiger partial charge in [-0.3, -0.25) is 9.89 Å². The van der Waals surface area contributed by atoms with E-state index in [1.165, 1.54) is 7.11 Å². The standard InChI is InChI=1S/C19H16N4O3/c1-26-19(25)18-14-9-12(6-7-16(14)22-23-18)21-17(24)8-11-10-20-15-5-3-2-4-13(11)15/h2-7,9-10,20H,8H2,1H3,(H,21,24)(H,22,23). The van der Waals surface area contributed by atoms with Gasteiger partial charge in [-0.15, -0.1) is 0 Å². The van der Waals surface area contributed by atoms with Crippen molar-refractivity contribution in [1.29, 1.82) is 0 Å². The molecule has 0 saturated heterocycles. The van der Waals surface area contributed by atoms with E-state index in [1.54, 1.807) is 18.2 Å². The third-order valence-corrected chi connectivity index (χ3v) is 4.25. The fourth-order valence-corrected chi connectivity index (χ4v) is 3.00. The molecule has 0 atom stereocenters. The highest BCUT2D eigenvalue weighted by molar-refractivity contribution is 6.04. The molecule has 0 unspecified atom stereocenters. The number of carbonyl (C=O) groups is 2. The molecule has 2 aromatic carbocycles. The maximum Gasteiger partial charge on any atom is 0.359 e. The first-order valence-corrected chi connectivity index (χ1v) is 8.07. The van der Waals surface area contributed by atoms with Crippen molar-refractivity contribution in [2.24, 2.45) is 0 Å². The third kappa shape index (κ3) is 2.79. The number of amides is 1. The number of aromatic nitrogens is 3. The Morgan fingerprint density at radius 3 is 2.81 bits per heavy atom. The quantitative estimate of drug-likeness (QED) is 0.494. The molecule has 4 rings (SSSR count). The Kier molecular flexibility index (Phi) is 3.89. The summed E-state index contributed by atoms with van der Waals surface area (Å²) in [5.41, 5.74) is 3.40. The molecule has 1 amide bonds. The molecule has 0 radical (unpaired) electrons. The van der Waals surface area contributed by atoms with Crippen LogP contribution in [0, 0.1) is 0 Å². The van der Waals surface area contributed by atoms with Gasteiger partial charge in [0.15, 0.2) is 5.69 Å². The van der Waals surface area contributed by atoms with Crippen molar-refractivity contribution in [3.63, 3.8) is 0 Å². The first kappa shape index (κ1) is 15.9. The lowest BCUT2D eigenvalue weighted by atomic mass is 10.1. The number of esters is 1. The van der Waals surface area contributed by atoms with Crippen LogP contribution in [-0.2, 0) is 16.0 Å². The molecule has 0 saturated carbocycles. The summed E-state index contributed by atoms with van der Waals surface area (Å²) in [6, 6.07) is 13.1.